The third-order valence-corrected chi connectivity index (χ3v) is 3.50. The first-order valence-electron chi connectivity index (χ1n) is 6.46. The molecule has 18 heavy (non-hydrogen) atoms. The van der Waals surface area contributed by atoms with E-state index in [1.165, 1.54) is 12.8 Å². The topological polar surface area (TPSA) is 61.7 Å². The Morgan fingerprint density at radius 2 is 2.11 bits per heavy atom. The van der Waals surface area contributed by atoms with Gasteiger partial charge in [-0.3, -0.25) is 0 Å². The van der Waals surface area contributed by atoms with Crippen molar-refractivity contribution < 1.29 is 0 Å². The van der Waals surface area contributed by atoms with E-state index in [0.717, 1.165) is 23.0 Å². The smallest absolute Gasteiger partial charge is 0.133 e. The lowest BCUT2D eigenvalue weighted by Crippen LogP contribution is -2.04. The summed E-state index contributed by atoms with van der Waals surface area (Å²) in [4.78, 5) is 8.85. The van der Waals surface area contributed by atoms with Crippen molar-refractivity contribution in [1.82, 2.24) is 19.1 Å². The van der Waals surface area contributed by atoms with Crippen LogP contribution in [0.25, 0.3) is 11.4 Å². The molecule has 3 rings (SSSR count). The van der Waals surface area contributed by atoms with Crippen molar-refractivity contribution in [3.05, 3.63) is 18.3 Å². The predicted octanol–water partition coefficient (Wildman–Crippen LogP) is 2.55. The van der Waals surface area contributed by atoms with Crippen LogP contribution in [0.5, 0.6) is 0 Å². The Balaban J connectivity index is 2.11. The van der Waals surface area contributed by atoms with Gasteiger partial charge in [0, 0.05) is 12.1 Å². The van der Waals surface area contributed by atoms with Crippen LogP contribution < -0.4 is 5.73 Å². The molecule has 0 atom stereocenters. The molecule has 2 aromatic rings. The number of aryl methyl sites for hydroxylation is 1. The second kappa shape index (κ2) is 3.86. The Morgan fingerprint density at radius 1 is 1.39 bits per heavy atom. The molecule has 0 aromatic carbocycles. The Kier molecular flexibility index (Phi) is 2.43. The third kappa shape index (κ3) is 1.62. The summed E-state index contributed by atoms with van der Waals surface area (Å²) < 4.78 is 4.27. The molecule has 0 spiro atoms. The van der Waals surface area contributed by atoms with Crippen LogP contribution in [-0.2, 0) is 0 Å². The first-order chi connectivity index (χ1) is 8.59. The van der Waals surface area contributed by atoms with Gasteiger partial charge in [-0.25, -0.2) is 9.97 Å². The van der Waals surface area contributed by atoms with E-state index in [-0.39, 0.29) is 0 Å². The molecule has 2 N–H and O–H groups in total. The van der Waals surface area contributed by atoms with Gasteiger partial charge in [-0.2, -0.15) is 0 Å². The minimum atomic E-state index is 0.355. The van der Waals surface area contributed by atoms with Crippen LogP contribution in [0, 0.1) is 6.92 Å². The zero-order valence-electron chi connectivity index (χ0n) is 11.1. The normalized spacial score (nSPS) is 15.6. The van der Waals surface area contributed by atoms with Gasteiger partial charge in [0.05, 0.1) is 18.2 Å². The Morgan fingerprint density at radius 3 is 2.72 bits per heavy atom. The molecule has 0 amide bonds. The van der Waals surface area contributed by atoms with Gasteiger partial charge >= 0.3 is 0 Å². The van der Waals surface area contributed by atoms with Gasteiger partial charge in [0.1, 0.15) is 17.3 Å². The summed E-state index contributed by atoms with van der Waals surface area (Å²) >= 11 is 0. The van der Waals surface area contributed by atoms with Crippen LogP contribution in [0.3, 0.4) is 0 Å². The van der Waals surface area contributed by atoms with E-state index in [0.29, 0.717) is 12.1 Å². The molecule has 5 heteroatoms. The number of hydrogen-bond acceptors (Lipinski definition) is 3. The fourth-order valence-electron chi connectivity index (χ4n) is 2.44. The average molecular weight is 245 g/mol. The van der Waals surface area contributed by atoms with Gasteiger partial charge < -0.3 is 14.9 Å². The van der Waals surface area contributed by atoms with Crippen LogP contribution in [0.4, 0.5) is 5.82 Å². The highest BCUT2D eigenvalue weighted by atomic mass is 15.2. The second-order valence-corrected chi connectivity index (χ2v) is 5.27. The molecule has 5 nitrogen and oxygen atoms in total. The second-order valence-electron chi connectivity index (χ2n) is 5.27. The predicted molar refractivity (Wildman–Crippen MR) is 71.3 cm³/mol. The van der Waals surface area contributed by atoms with E-state index in [9.17, 15) is 0 Å². The largest absolute Gasteiger partial charge is 0.383 e. The van der Waals surface area contributed by atoms with Crippen LogP contribution in [-0.4, -0.2) is 19.1 Å². The molecule has 0 unspecified atom stereocenters. The van der Waals surface area contributed by atoms with Crippen molar-refractivity contribution in [2.45, 2.75) is 45.7 Å². The van der Waals surface area contributed by atoms with Crippen molar-refractivity contribution in [3.8, 4) is 11.4 Å². The highest BCUT2D eigenvalue weighted by Crippen LogP contribution is 2.40. The Hall–Kier alpha value is -1.78. The van der Waals surface area contributed by atoms with Crippen molar-refractivity contribution >= 4 is 5.82 Å². The number of nitrogens with two attached hydrogens (primary N) is 1. The SMILES string of the molecule is Cc1nc(-c2cncn2C(C)C)c(N)n1C1CC1. The van der Waals surface area contributed by atoms with Crippen molar-refractivity contribution in [2.24, 2.45) is 0 Å². The van der Waals surface area contributed by atoms with E-state index in [1.807, 2.05) is 19.4 Å². The summed E-state index contributed by atoms with van der Waals surface area (Å²) in [6, 6.07) is 0.912. The minimum Gasteiger partial charge on any atom is -0.383 e. The summed E-state index contributed by atoms with van der Waals surface area (Å²) in [7, 11) is 0. The van der Waals surface area contributed by atoms with Gasteiger partial charge in [-0.15, -0.1) is 0 Å². The number of imidazole rings is 2. The summed E-state index contributed by atoms with van der Waals surface area (Å²) in [5.74, 6) is 1.78. The molecule has 0 bridgehead atoms. The van der Waals surface area contributed by atoms with Crippen LogP contribution in [0.15, 0.2) is 12.5 Å². The summed E-state index contributed by atoms with van der Waals surface area (Å²) in [6.07, 6.45) is 6.11. The van der Waals surface area contributed by atoms with Crippen molar-refractivity contribution in [3.63, 3.8) is 0 Å². The molecule has 2 heterocycles. The van der Waals surface area contributed by atoms with Gasteiger partial charge in [0.25, 0.3) is 0 Å². The van der Waals surface area contributed by atoms with Crippen molar-refractivity contribution in [1.29, 1.82) is 0 Å². The van der Waals surface area contributed by atoms with Gasteiger partial charge in [-0.1, -0.05) is 0 Å². The van der Waals surface area contributed by atoms with E-state index in [1.54, 1.807) is 0 Å². The lowest BCUT2D eigenvalue weighted by Gasteiger charge is -2.11. The molecule has 1 saturated carbocycles. The highest BCUT2D eigenvalue weighted by molar-refractivity contribution is 5.68. The number of aromatic nitrogens is 4. The molecular formula is C13H19N5. The van der Waals surface area contributed by atoms with E-state index in [4.69, 9.17) is 5.73 Å². The van der Waals surface area contributed by atoms with Gasteiger partial charge in [0.15, 0.2) is 0 Å². The summed E-state index contributed by atoms with van der Waals surface area (Å²) in [6.45, 7) is 6.28. The molecule has 0 saturated heterocycles. The number of nitrogens with zero attached hydrogens (tertiary/aromatic N) is 4. The number of hydrogen-bond donors (Lipinski definition) is 1. The summed E-state index contributed by atoms with van der Waals surface area (Å²) in [5, 5.41) is 0. The van der Waals surface area contributed by atoms with Crippen LogP contribution in [0.2, 0.25) is 0 Å². The highest BCUT2D eigenvalue weighted by Gasteiger charge is 2.29. The minimum absolute atomic E-state index is 0.355. The Labute approximate surface area is 107 Å². The van der Waals surface area contributed by atoms with Crippen LogP contribution >= 0.6 is 0 Å². The van der Waals surface area contributed by atoms with E-state index in [2.05, 4.69) is 32.9 Å². The fourth-order valence-corrected chi connectivity index (χ4v) is 2.44. The number of rotatable bonds is 3. The standard InChI is InChI=1S/C13H19N5/c1-8(2)17-7-15-6-11(17)12-13(14)18(9(3)16-12)10-4-5-10/h6-8,10H,4-5,14H2,1-3H3. The maximum absolute atomic E-state index is 6.26. The zero-order valence-corrected chi connectivity index (χ0v) is 11.1. The molecule has 1 fully saturated rings. The third-order valence-electron chi connectivity index (χ3n) is 3.50. The molecule has 1 aliphatic rings. The average Bonchev–Trinajstić information content (AvgIpc) is 2.92. The summed E-state index contributed by atoms with van der Waals surface area (Å²) in [5.41, 5.74) is 8.14. The molecule has 2 aromatic heterocycles. The quantitative estimate of drug-likeness (QED) is 0.904. The first-order valence-corrected chi connectivity index (χ1v) is 6.46. The lowest BCUT2D eigenvalue weighted by molar-refractivity contribution is 0.604. The lowest BCUT2D eigenvalue weighted by atomic mass is 10.3. The zero-order chi connectivity index (χ0) is 12.9. The maximum atomic E-state index is 6.26. The molecule has 96 valence electrons. The van der Waals surface area contributed by atoms with Gasteiger partial charge in [-0.05, 0) is 33.6 Å². The first kappa shape index (κ1) is 11.3. The molecule has 1 aliphatic carbocycles. The number of nitrogen functional groups attached to an aromatic ring is 1. The van der Waals surface area contributed by atoms with Crippen molar-refractivity contribution in [2.75, 3.05) is 5.73 Å². The molecule has 0 radical (unpaired) electrons. The molecular weight excluding hydrogens is 226 g/mol. The van der Waals surface area contributed by atoms with E-state index >= 15 is 0 Å². The molecule has 0 aliphatic heterocycles. The monoisotopic (exact) mass is 245 g/mol. The maximum Gasteiger partial charge on any atom is 0.133 e. The fraction of sp³-hybridized carbons (Fsp3) is 0.538. The van der Waals surface area contributed by atoms with E-state index < -0.39 is 0 Å². The number of anilines is 1. The van der Waals surface area contributed by atoms with Crippen LogP contribution in [0.1, 0.15) is 44.6 Å². The Bertz CT molecular complexity index is 574. The van der Waals surface area contributed by atoms with Gasteiger partial charge in [0.2, 0.25) is 0 Å².